The molecule has 0 aliphatic rings. The molecule has 1 rings (SSSR count). The molecule has 0 aliphatic heterocycles. The van der Waals surface area contributed by atoms with Gasteiger partial charge < -0.3 is 0 Å². The lowest BCUT2D eigenvalue weighted by Gasteiger charge is -1.97. The van der Waals surface area contributed by atoms with Gasteiger partial charge in [0.1, 0.15) is 0 Å². The average Bonchev–Trinajstić information content (AvgIpc) is 2.03. The maximum atomic E-state index is 11.1. The van der Waals surface area contributed by atoms with Gasteiger partial charge in [0.2, 0.25) is 0 Å². The van der Waals surface area contributed by atoms with Gasteiger partial charge in [0, 0.05) is 12.0 Å². The van der Waals surface area contributed by atoms with Crippen molar-refractivity contribution in [2.45, 2.75) is 13.3 Å². The average molecular weight is 146 g/mol. The van der Waals surface area contributed by atoms with E-state index in [1.54, 1.807) is 24.3 Å². The van der Waals surface area contributed by atoms with Crippen LogP contribution < -0.4 is 0 Å². The number of rotatable bonds is 2. The van der Waals surface area contributed by atoms with Crippen LogP contribution in [0.15, 0.2) is 24.3 Å². The van der Waals surface area contributed by atoms with Crippen molar-refractivity contribution in [2.75, 3.05) is 0 Å². The van der Waals surface area contributed by atoms with Crippen molar-refractivity contribution in [1.29, 1.82) is 0 Å². The van der Waals surface area contributed by atoms with Crippen LogP contribution in [0.2, 0.25) is 0 Å². The van der Waals surface area contributed by atoms with Crippen molar-refractivity contribution in [2.24, 2.45) is 0 Å². The molecule has 56 valence electrons. The van der Waals surface area contributed by atoms with Gasteiger partial charge in [-0.15, -0.1) is 0 Å². The molecule has 1 heteroatoms. The second-order valence-electron chi connectivity index (χ2n) is 2.40. The van der Waals surface area contributed by atoms with Gasteiger partial charge in [-0.1, -0.05) is 25.1 Å². The van der Waals surface area contributed by atoms with E-state index in [9.17, 15) is 4.79 Å². The SMILES string of the molecule is [CH]c1cccc(C(=O)CC)c1. The standard InChI is InChI=1S/C10H10O/c1-3-10(11)9-6-4-5-8(2)7-9/h2,4-7H,3H2,1H3. The molecule has 0 spiro atoms. The highest BCUT2D eigenvalue weighted by atomic mass is 16.1. The fourth-order valence-corrected chi connectivity index (χ4v) is 0.916. The lowest BCUT2D eigenvalue weighted by molar-refractivity contribution is 0.0988. The van der Waals surface area contributed by atoms with Gasteiger partial charge in [-0.3, -0.25) is 4.79 Å². The van der Waals surface area contributed by atoms with E-state index in [1.807, 2.05) is 6.92 Å². The quantitative estimate of drug-likeness (QED) is 0.585. The lowest BCUT2D eigenvalue weighted by Crippen LogP contribution is -1.95. The van der Waals surface area contributed by atoms with Crippen LogP contribution >= 0.6 is 0 Å². The zero-order valence-electron chi connectivity index (χ0n) is 6.50. The maximum absolute atomic E-state index is 11.1. The number of benzene rings is 1. The summed E-state index contributed by atoms with van der Waals surface area (Å²) < 4.78 is 0. The molecule has 0 saturated heterocycles. The molecule has 0 bridgehead atoms. The highest BCUT2D eigenvalue weighted by molar-refractivity contribution is 5.95. The first kappa shape index (κ1) is 7.99. The molecule has 0 heterocycles. The molecule has 0 aliphatic carbocycles. The van der Waals surface area contributed by atoms with Crippen LogP contribution in [0, 0.1) is 6.92 Å². The highest BCUT2D eigenvalue weighted by Crippen LogP contribution is 2.05. The summed E-state index contributed by atoms with van der Waals surface area (Å²) >= 11 is 0. The summed E-state index contributed by atoms with van der Waals surface area (Å²) in [4.78, 5) is 11.1. The Balaban J connectivity index is 2.96. The molecular formula is C10H10O. The summed E-state index contributed by atoms with van der Waals surface area (Å²) in [6, 6.07) is 7.04. The summed E-state index contributed by atoms with van der Waals surface area (Å²) in [7, 11) is 0. The van der Waals surface area contributed by atoms with Gasteiger partial charge in [0.25, 0.3) is 0 Å². The van der Waals surface area contributed by atoms with Crippen LogP contribution in [-0.4, -0.2) is 5.78 Å². The minimum atomic E-state index is 0.136. The molecule has 0 unspecified atom stereocenters. The fourth-order valence-electron chi connectivity index (χ4n) is 0.916. The Kier molecular flexibility index (Phi) is 2.42. The van der Waals surface area contributed by atoms with Gasteiger partial charge >= 0.3 is 0 Å². The Morgan fingerprint density at radius 2 is 2.27 bits per heavy atom. The summed E-state index contributed by atoms with van der Waals surface area (Å²) in [5.41, 5.74) is 1.34. The van der Waals surface area contributed by atoms with E-state index in [4.69, 9.17) is 6.92 Å². The van der Waals surface area contributed by atoms with E-state index in [0.717, 1.165) is 0 Å². The van der Waals surface area contributed by atoms with Gasteiger partial charge in [-0.05, 0) is 18.6 Å². The van der Waals surface area contributed by atoms with Crippen LogP contribution in [0.3, 0.4) is 0 Å². The molecule has 0 saturated carbocycles. The van der Waals surface area contributed by atoms with E-state index in [2.05, 4.69) is 0 Å². The number of ketones is 1. The van der Waals surface area contributed by atoms with Crippen LogP contribution in [0.4, 0.5) is 0 Å². The molecule has 11 heavy (non-hydrogen) atoms. The summed E-state index contributed by atoms with van der Waals surface area (Å²) in [5, 5.41) is 0. The minimum absolute atomic E-state index is 0.136. The largest absolute Gasteiger partial charge is 0.294 e. The van der Waals surface area contributed by atoms with Crippen LogP contribution in [0.1, 0.15) is 29.3 Å². The lowest BCUT2D eigenvalue weighted by atomic mass is 10.1. The molecule has 0 amide bonds. The summed E-state index contributed by atoms with van der Waals surface area (Å²) in [5.74, 6) is 0.136. The van der Waals surface area contributed by atoms with Gasteiger partial charge in [0.15, 0.2) is 5.78 Å². The molecule has 0 N–H and O–H groups in total. The molecule has 0 aromatic heterocycles. The Morgan fingerprint density at radius 1 is 1.55 bits per heavy atom. The molecule has 1 aromatic rings. The topological polar surface area (TPSA) is 17.1 Å². The van der Waals surface area contributed by atoms with Crippen molar-refractivity contribution in [3.8, 4) is 0 Å². The Bertz CT molecular complexity index is 263. The minimum Gasteiger partial charge on any atom is -0.294 e. The fraction of sp³-hybridized carbons (Fsp3) is 0.200. The van der Waals surface area contributed by atoms with Crippen LogP contribution in [0.25, 0.3) is 0 Å². The van der Waals surface area contributed by atoms with E-state index >= 15 is 0 Å². The highest BCUT2D eigenvalue weighted by Gasteiger charge is 2.00. The van der Waals surface area contributed by atoms with Gasteiger partial charge in [0.05, 0.1) is 0 Å². The van der Waals surface area contributed by atoms with Gasteiger partial charge in [-0.2, -0.15) is 0 Å². The number of hydrogen-bond acceptors (Lipinski definition) is 1. The third-order valence-corrected chi connectivity index (χ3v) is 1.53. The second kappa shape index (κ2) is 3.33. The molecular weight excluding hydrogens is 136 g/mol. The first-order valence-corrected chi connectivity index (χ1v) is 3.62. The maximum Gasteiger partial charge on any atom is 0.162 e. The Morgan fingerprint density at radius 3 is 2.82 bits per heavy atom. The van der Waals surface area contributed by atoms with Crippen LogP contribution in [0.5, 0.6) is 0 Å². The van der Waals surface area contributed by atoms with E-state index in [1.165, 1.54) is 0 Å². The molecule has 0 atom stereocenters. The third-order valence-electron chi connectivity index (χ3n) is 1.53. The predicted molar refractivity (Wildman–Crippen MR) is 44.5 cm³/mol. The van der Waals surface area contributed by atoms with E-state index in [0.29, 0.717) is 17.5 Å². The van der Waals surface area contributed by atoms with E-state index < -0.39 is 0 Å². The van der Waals surface area contributed by atoms with Crippen molar-refractivity contribution < 1.29 is 4.79 Å². The van der Waals surface area contributed by atoms with Crippen molar-refractivity contribution >= 4 is 5.78 Å². The van der Waals surface area contributed by atoms with Crippen molar-refractivity contribution in [3.05, 3.63) is 42.3 Å². The molecule has 1 nitrogen and oxygen atoms in total. The first-order valence-electron chi connectivity index (χ1n) is 3.62. The Labute approximate surface area is 67.1 Å². The molecule has 0 fully saturated rings. The smallest absolute Gasteiger partial charge is 0.162 e. The monoisotopic (exact) mass is 146 g/mol. The van der Waals surface area contributed by atoms with Crippen molar-refractivity contribution in [1.82, 2.24) is 0 Å². The molecule has 1 aromatic carbocycles. The van der Waals surface area contributed by atoms with Gasteiger partial charge in [-0.25, -0.2) is 0 Å². The molecule has 2 radical (unpaired) electrons. The zero-order chi connectivity index (χ0) is 8.27. The third kappa shape index (κ3) is 1.90. The predicted octanol–water partition coefficient (Wildman–Crippen LogP) is 2.34. The number of carbonyl (C=O) groups is 1. The van der Waals surface area contributed by atoms with Crippen molar-refractivity contribution in [3.63, 3.8) is 0 Å². The summed E-state index contributed by atoms with van der Waals surface area (Å²) in [6.07, 6.45) is 0.531. The first-order chi connectivity index (χ1) is 5.24. The zero-order valence-corrected chi connectivity index (χ0v) is 6.50. The second-order valence-corrected chi connectivity index (χ2v) is 2.40. The summed E-state index contributed by atoms with van der Waals surface area (Å²) in [6.45, 7) is 7.34. The van der Waals surface area contributed by atoms with Crippen LogP contribution in [-0.2, 0) is 0 Å². The Hall–Kier alpha value is -1.11. The van der Waals surface area contributed by atoms with E-state index in [-0.39, 0.29) is 5.78 Å². The number of carbonyl (C=O) groups excluding carboxylic acids is 1. The number of hydrogen-bond donors (Lipinski definition) is 0. The number of Topliss-reactive ketones (excluding diaryl/α,β-unsaturated/α-hetero) is 1. The normalized spacial score (nSPS) is 9.64.